The molecule has 0 N–H and O–H groups in total. The number of hydrogen-bond acceptors (Lipinski definition) is 2. The van der Waals surface area contributed by atoms with Gasteiger partial charge in [-0.2, -0.15) is 0 Å². The van der Waals surface area contributed by atoms with Crippen molar-refractivity contribution in [2.45, 2.75) is 85.1 Å². The van der Waals surface area contributed by atoms with Crippen LogP contribution in [0.25, 0.3) is 0 Å². The summed E-state index contributed by atoms with van der Waals surface area (Å²) >= 11 is 0. The molecule has 24 heavy (non-hydrogen) atoms. The van der Waals surface area contributed by atoms with E-state index < -0.39 is 0 Å². The van der Waals surface area contributed by atoms with E-state index in [1.165, 1.54) is 31.2 Å². The lowest BCUT2D eigenvalue weighted by atomic mass is 9.92. The van der Waals surface area contributed by atoms with E-state index in [0.717, 1.165) is 25.8 Å². The van der Waals surface area contributed by atoms with Gasteiger partial charge in [0.25, 0.3) is 0 Å². The van der Waals surface area contributed by atoms with Gasteiger partial charge in [0.05, 0.1) is 12.5 Å². The maximum atomic E-state index is 12.0. The van der Waals surface area contributed by atoms with Gasteiger partial charge < -0.3 is 4.74 Å². The van der Waals surface area contributed by atoms with Crippen molar-refractivity contribution in [2.24, 2.45) is 5.92 Å². The minimum Gasteiger partial charge on any atom is -0.465 e. The Morgan fingerprint density at radius 3 is 2.33 bits per heavy atom. The lowest BCUT2D eigenvalue weighted by molar-refractivity contribution is -0.697. The fraction of sp³-hybridized carbons (Fsp3) is 0.714. The molecule has 3 heteroatoms. The number of aryl methyl sites for hydroxylation is 1. The summed E-state index contributed by atoms with van der Waals surface area (Å²) in [6.07, 6.45) is 12.3. The van der Waals surface area contributed by atoms with Crippen molar-refractivity contribution in [1.29, 1.82) is 0 Å². The molecule has 0 spiro atoms. The molecular weight excluding hydrogens is 298 g/mol. The van der Waals surface area contributed by atoms with E-state index in [9.17, 15) is 4.79 Å². The quantitative estimate of drug-likeness (QED) is 0.305. The molecule has 1 rings (SSSR count). The second kappa shape index (κ2) is 12.0. The van der Waals surface area contributed by atoms with Gasteiger partial charge in [-0.05, 0) is 30.7 Å². The van der Waals surface area contributed by atoms with Crippen LogP contribution in [-0.2, 0) is 16.1 Å². The van der Waals surface area contributed by atoms with Crippen LogP contribution in [0.3, 0.4) is 0 Å². The molecule has 0 aliphatic carbocycles. The average Bonchev–Trinajstić information content (AvgIpc) is 2.59. The lowest BCUT2D eigenvalue weighted by Gasteiger charge is -2.16. The number of unbranched alkanes of at least 4 members (excludes halogenated alkanes) is 4. The van der Waals surface area contributed by atoms with E-state index in [1.807, 2.05) is 6.92 Å². The van der Waals surface area contributed by atoms with Gasteiger partial charge in [-0.3, -0.25) is 4.79 Å². The third-order valence-corrected chi connectivity index (χ3v) is 4.61. The normalized spacial score (nSPS) is 13.5. The van der Waals surface area contributed by atoms with Crippen molar-refractivity contribution in [2.75, 3.05) is 6.61 Å². The van der Waals surface area contributed by atoms with Crippen molar-refractivity contribution in [3.05, 3.63) is 30.1 Å². The monoisotopic (exact) mass is 334 g/mol. The number of ether oxygens (including phenoxy) is 1. The Morgan fingerprint density at radius 2 is 1.71 bits per heavy atom. The molecular formula is C21H36NO2+. The standard InChI is InChI=1S/C21H36NO2/c1-5-7-9-10-13-22-14-11-20(12-15-22)18(3)17-19(4)21(23)24-16-8-6-2/h11-12,14-15,18-19H,5-10,13,16-17H2,1-4H3/q+1. The summed E-state index contributed by atoms with van der Waals surface area (Å²) in [5, 5.41) is 0. The first-order valence-corrected chi connectivity index (χ1v) is 9.74. The molecule has 0 saturated carbocycles. The van der Waals surface area contributed by atoms with E-state index in [1.54, 1.807) is 0 Å². The summed E-state index contributed by atoms with van der Waals surface area (Å²) in [5.41, 5.74) is 1.30. The van der Waals surface area contributed by atoms with E-state index in [0.29, 0.717) is 12.5 Å². The number of esters is 1. The Balaban J connectivity index is 2.41. The molecule has 0 bridgehead atoms. The summed E-state index contributed by atoms with van der Waals surface area (Å²) in [6, 6.07) is 4.39. The van der Waals surface area contributed by atoms with Crippen LogP contribution in [0.4, 0.5) is 0 Å². The SMILES string of the molecule is CCCCCC[n+]1ccc(C(C)CC(C)C(=O)OCCCC)cc1. The number of rotatable bonds is 12. The highest BCUT2D eigenvalue weighted by atomic mass is 16.5. The molecule has 2 atom stereocenters. The van der Waals surface area contributed by atoms with E-state index in [2.05, 4.69) is 49.9 Å². The van der Waals surface area contributed by atoms with Crippen LogP contribution in [-0.4, -0.2) is 12.6 Å². The van der Waals surface area contributed by atoms with Crippen LogP contribution in [0.5, 0.6) is 0 Å². The van der Waals surface area contributed by atoms with Crippen LogP contribution in [0, 0.1) is 5.92 Å². The van der Waals surface area contributed by atoms with Crippen molar-refractivity contribution in [1.82, 2.24) is 0 Å². The topological polar surface area (TPSA) is 30.2 Å². The third kappa shape index (κ3) is 7.94. The zero-order valence-corrected chi connectivity index (χ0v) is 16.1. The number of hydrogen-bond donors (Lipinski definition) is 0. The summed E-state index contributed by atoms with van der Waals surface area (Å²) in [6.45, 7) is 10.2. The van der Waals surface area contributed by atoms with Crippen molar-refractivity contribution in [3.63, 3.8) is 0 Å². The zero-order valence-electron chi connectivity index (χ0n) is 16.1. The minimum absolute atomic E-state index is 0.0433. The molecule has 0 amide bonds. The van der Waals surface area contributed by atoms with E-state index in [-0.39, 0.29) is 11.9 Å². The number of pyridine rings is 1. The minimum atomic E-state index is -0.0581. The number of carbonyl (C=O) groups excluding carboxylic acids is 1. The second-order valence-corrected chi connectivity index (χ2v) is 6.99. The molecule has 1 heterocycles. The highest BCUT2D eigenvalue weighted by molar-refractivity contribution is 5.72. The molecule has 0 aliphatic rings. The van der Waals surface area contributed by atoms with Crippen LogP contribution in [0.2, 0.25) is 0 Å². The molecule has 136 valence electrons. The summed E-state index contributed by atoms with van der Waals surface area (Å²) in [5.74, 6) is 0.268. The van der Waals surface area contributed by atoms with Crippen LogP contribution >= 0.6 is 0 Å². The van der Waals surface area contributed by atoms with Gasteiger partial charge in [-0.1, -0.05) is 47.0 Å². The number of carbonyl (C=O) groups is 1. The maximum absolute atomic E-state index is 12.0. The summed E-state index contributed by atoms with van der Waals surface area (Å²) in [7, 11) is 0. The highest BCUT2D eigenvalue weighted by Gasteiger charge is 2.19. The first-order valence-electron chi connectivity index (χ1n) is 9.74. The first kappa shape index (κ1) is 20.7. The largest absolute Gasteiger partial charge is 0.465 e. The molecule has 1 aromatic rings. The van der Waals surface area contributed by atoms with Crippen LogP contribution in [0.1, 0.15) is 84.1 Å². The Labute approximate surface area is 148 Å². The van der Waals surface area contributed by atoms with Crippen molar-refractivity contribution >= 4 is 5.97 Å². The Hall–Kier alpha value is -1.38. The smallest absolute Gasteiger partial charge is 0.308 e. The second-order valence-electron chi connectivity index (χ2n) is 6.99. The predicted molar refractivity (Wildman–Crippen MR) is 98.8 cm³/mol. The summed E-state index contributed by atoms with van der Waals surface area (Å²) in [4.78, 5) is 12.0. The maximum Gasteiger partial charge on any atom is 0.308 e. The van der Waals surface area contributed by atoms with E-state index in [4.69, 9.17) is 4.74 Å². The van der Waals surface area contributed by atoms with Gasteiger partial charge in [-0.25, -0.2) is 4.57 Å². The molecule has 0 aliphatic heterocycles. The van der Waals surface area contributed by atoms with Gasteiger partial charge in [0.15, 0.2) is 12.4 Å². The fourth-order valence-electron chi connectivity index (χ4n) is 2.89. The average molecular weight is 335 g/mol. The molecule has 3 nitrogen and oxygen atoms in total. The fourth-order valence-corrected chi connectivity index (χ4v) is 2.89. The third-order valence-electron chi connectivity index (χ3n) is 4.61. The van der Waals surface area contributed by atoms with Gasteiger partial charge in [0.1, 0.15) is 6.54 Å². The zero-order chi connectivity index (χ0) is 17.8. The molecule has 0 fully saturated rings. The van der Waals surface area contributed by atoms with Crippen molar-refractivity contribution in [3.8, 4) is 0 Å². The number of nitrogens with zero attached hydrogens (tertiary/aromatic N) is 1. The lowest BCUT2D eigenvalue weighted by Crippen LogP contribution is -2.32. The van der Waals surface area contributed by atoms with Gasteiger partial charge >= 0.3 is 5.97 Å². The molecule has 2 unspecified atom stereocenters. The molecule has 1 aromatic heterocycles. The van der Waals surface area contributed by atoms with Gasteiger partial charge in [-0.15, -0.1) is 0 Å². The van der Waals surface area contributed by atoms with Gasteiger partial charge in [0.2, 0.25) is 0 Å². The predicted octanol–water partition coefficient (Wildman–Crippen LogP) is 5.03. The Bertz CT molecular complexity index is 455. The molecule has 0 saturated heterocycles. The summed E-state index contributed by atoms with van der Waals surface area (Å²) < 4.78 is 7.58. The van der Waals surface area contributed by atoms with Crippen molar-refractivity contribution < 1.29 is 14.1 Å². The van der Waals surface area contributed by atoms with Gasteiger partial charge in [0, 0.05) is 18.6 Å². The van der Waals surface area contributed by atoms with E-state index >= 15 is 0 Å². The van der Waals surface area contributed by atoms with Crippen LogP contribution < -0.4 is 4.57 Å². The van der Waals surface area contributed by atoms with Crippen LogP contribution in [0.15, 0.2) is 24.5 Å². The Morgan fingerprint density at radius 1 is 1.04 bits per heavy atom. The Kier molecular flexibility index (Phi) is 10.4. The number of aromatic nitrogens is 1. The molecule has 0 radical (unpaired) electrons. The molecule has 0 aromatic carbocycles. The highest BCUT2D eigenvalue weighted by Crippen LogP contribution is 2.23. The first-order chi connectivity index (χ1) is 11.6.